The number of hydrogen-bond donors (Lipinski definition) is 0. The van der Waals surface area contributed by atoms with Crippen LogP contribution >= 0.6 is 0 Å². The lowest BCUT2D eigenvalue weighted by Gasteiger charge is -1.76. The van der Waals surface area contributed by atoms with Crippen LogP contribution in [0, 0.1) is 0 Å². The predicted molar refractivity (Wildman–Crippen MR) is 28.6 cm³/mol. The summed E-state index contributed by atoms with van der Waals surface area (Å²) in [7, 11) is 0. The number of ether oxygens (including phenoxy) is 1. The highest BCUT2D eigenvalue weighted by Crippen LogP contribution is 1.65. The lowest BCUT2D eigenvalue weighted by atomic mass is 11.1. The Kier molecular flexibility index (Phi) is 27.1. The zero-order valence-electron chi connectivity index (χ0n) is 4.09. The molecule has 0 heterocycles. The van der Waals surface area contributed by atoms with E-state index in [1.807, 2.05) is 6.79 Å². The standard InChI is InChI=1S/C4H6O.CH2O/c1-3-5-4-2;1-2/h3-4H,1-2H2;1H2. The molecular formula is C5H8O2. The van der Waals surface area contributed by atoms with Crippen LogP contribution in [0.2, 0.25) is 0 Å². The third-order valence-corrected chi connectivity index (χ3v) is 0.192. The first-order valence-corrected chi connectivity index (χ1v) is 1.58. The van der Waals surface area contributed by atoms with Gasteiger partial charge in [-0.15, -0.1) is 0 Å². The molecule has 7 heavy (non-hydrogen) atoms. The molecule has 0 rings (SSSR count). The van der Waals surface area contributed by atoms with Crippen LogP contribution in [0.25, 0.3) is 0 Å². The van der Waals surface area contributed by atoms with Crippen molar-refractivity contribution in [2.24, 2.45) is 0 Å². The van der Waals surface area contributed by atoms with Crippen LogP contribution in [0.15, 0.2) is 25.7 Å². The molecule has 0 N–H and O–H groups in total. The number of carbonyl (C=O) groups is 1. The van der Waals surface area contributed by atoms with E-state index in [1.165, 1.54) is 12.5 Å². The SMILES string of the molecule is C=COC=C.C=O. The highest BCUT2D eigenvalue weighted by Gasteiger charge is 1.45. The second kappa shape index (κ2) is 20.3. The Labute approximate surface area is 43.1 Å². The largest absolute Gasteiger partial charge is 0.474 e. The first-order valence-electron chi connectivity index (χ1n) is 1.58. The second-order valence-electron chi connectivity index (χ2n) is 0.469. The topological polar surface area (TPSA) is 26.3 Å². The van der Waals surface area contributed by atoms with E-state index in [0.717, 1.165) is 0 Å². The van der Waals surface area contributed by atoms with Gasteiger partial charge in [-0.25, -0.2) is 0 Å². The Morgan fingerprint density at radius 1 is 1.14 bits per heavy atom. The summed E-state index contributed by atoms with van der Waals surface area (Å²) >= 11 is 0. The molecule has 2 heteroatoms. The molecule has 0 aliphatic heterocycles. The molecule has 0 radical (unpaired) electrons. The molecular weight excluding hydrogens is 92.1 g/mol. The zero-order chi connectivity index (χ0) is 6.12. The summed E-state index contributed by atoms with van der Waals surface area (Å²) in [5, 5.41) is 0. The average molecular weight is 100 g/mol. The minimum Gasteiger partial charge on any atom is -0.474 e. The van der Waals surface area contributed by atoms with Crippen molar-refractivity contribution in [3.8, 4) is 0 Å². The monoisotopic (exact) mass is 100 g/mol. The molecule has 0 bridgehead atoms. The molecule has 0 saturated heterocycles. The van der Waals surface area contributed by atoms with Gasteiger partial charge in [0.2, 0.25) is 0 Å². The van der Waals surface area contributed by atoms with Gasteiger partial charge in [-0.05, 0) is 0 Å². The minimum absolute atomic E-state index is 1.31. The molecule has 0 aromatic carbocycles. The highest BCUT2D eigenvalue weighted by atomic mass is 16.5. The van der Waals surface area contributed by atoms with E-state index in [2.05, 4.69) is 17.9 Å². The van der Waals surface area contributed by atoms with Crippen molar-refractivity contribution in [3.05, 3.63) is 25.7 Å². The molecule has 0 unspecified atom stereocenters. The Morgan fingerprint density at radius 2 is 1.43 bits per heavy atom. The molecule has 0 aliphatic rings. The lowest BCUT2D eigenvalue weighted by molar-refractivity contribution is -0.0979. The van der Waals surface area contributed by atoms with Crippen LogP contribution in [0.5, 0.6) is 0 Å². The smallest absolute Gasteiger partial charge is 0.106 e. The fourth-order valence-electron chi connectivity index (χ4n) is 0.0680. The van der Waals surface area contributed by atoms with E-state index in [4.69, 9.17) is 4.79 Å². The third-order valence-electron chi connectivity index (χ3n) is 0.192. The second-order valence-corrected chi connectivity index (χ2v) is 0.469. The van der Waals surface area contributed by atoms with Crippen molar-refractivity contribution in [2.45, 2.75) is 0 Å². The number of rotatable bonds is 2. The molecule has 2 nitrogen and oxygen atoms in total. The molecule has 0 spiro atoms. The number of hydrogen-bond acceptors (Lipinski definition) is 2. The Hall–Kier alpha value is -1.05. The van der Waals surface area contributed by atoms with Gasteiger partial charge in [0.15, 0.2) is 0 Å². The van der Waals surface area contributed by atoms with Crippen molar-refractivity contribution >= 4 is 6.79 Å². The summed E-state index contributed by atoms with van der Waals surface area (Å²) in [5.74, 6) is 0. The summed E-state index contributed by atoms with van der Waals surface area (Å²) in [5.41, 5.74) is 0. The highest BCUT2D eigenvalue weighted by molar-refractivity contribution is 5.10. The van der Waals surface area contributed by atoms with Gasteiger partial charge in [-0.3, -0.25) is 0 Å². The van der Waals surface area contributed by atoms with E-state index >= 15 is 0 Å². The van der Waals surface area contributed by atoms with Crippen molar-refractivity contribution in [3.63, 3.8) is 0 Å². The first-order chi connectivity index (χ1) is 3.41. The number of carbonyl (C=O) groups excluding carboxylic acids is 1. The van der Waals surface area contributed by atoms with E-state index in [1.54, 1.807) is 0 Å². The summed E-state index contributed by atoms with van der Waals surface area (Å²) < 4.78 is 4.36. The van der Waals surface area contributed by atoms with Crippen LogP contribution in [-0.4, -0.2) is 6.79 Å². The maximum atomic E-state index is 8.00. The lowest BCUT2D eigenvalue weighted by Crippen LogP contribution is -1.52. The average Bonchev–Trinajstić information content (AvgIpc) is 1.75. The molecule has 0 aromatic heterocycles. The Bertz CT molecular complexity index is 44.0. The molecule has 0 fully saturated rings. The zero-order valence-corrected chi connectivity index (χ0v) is 4.09. The van der Waals surface area contributed by atoms with E-state index in [0.29, 0.717) is 0 Å². The van der Waals surface area contributed by atoms with Gasteiger partial charge in [0.25, 0.3) is 0 Å². The quantitative estimate of drug-likeness (QED) is 0.486. The minimum atomic E-state index is 1.31. The fraction of sp³-hybridized carbons (Fsp3) is 0. The third kappa shape index (κ3) is 47.7. The van der Waals surface area contributed by atoms with Crippen LogP contribution < -0.4 is 0 Å². The maximum absolute atomic E-state index is 8.00. The van der Waals surface area contributed by atoms with Gasteiger partial charge in [0.1, 0.15) is 6.79 Å². The van der Waals surface area contributed by atoms with Crippen molar-refractivity contribution in [1.82, 2.24) is 0 Å². The van der Waals surface area contributed by atoms with Crippen molar-refractivity contribution < 1.29 is 9.53 Å². The van der Waals surface area contributed by atoms with Crippen LogP contribution in [-0.2, 0) is 9.53 Å². The van der Waals surface area contributed by atoms with Gasteiger partial charge in [-0.2, -0.15) is 0 Å². The van der Waals surface area contributed by atoms with Crippen LogP contribution in [0.4, 0.5) is 0 Å². The molecule has 40 valence electrons. The van der Waals surface area contributed by atoms with E-state index in [-0.39, 0.29) is 0 Å². The van der Waals surface area contributed by atoms with E-state index < -0.39 is 0 Å². The van der Waals surface area contributed by atoms with Gasteiger partial charge in [0.05, 0.1) is 12.5 Å². The van der Waals surface area contributed by atoms with Gasteiger partial charge >= 0.3 is 0 Å². The fourth-order valence-corrected chi connectivity index (χ4v) is 0.0680. The Morgan fingerprint density at radius 3 is 1.43 bits per heavy atom. The van der Waals surface area contributed by atoms with Crippen molar-refractivity contribution in [2.75, 3.05) is 0 Å². The normalized spacial score (nSPS) is 4.57. The van der Waals surface area contributed by atoms with Gasteiger partial charge in [0, 0.05) is 0 Å². The van der Waals surface area contributed by atoms with Gasteiger partial charge in [-0.1, -0.05) is 13.2 Å². The first kappa shape index (κ1) is 9.34. The molecule has 0 aromatic rings. The van der Waals surface area contributed by atoms with E-state index in [9.17, 15) is 0 Å². The summed E-state index contributed by atoms with van der Waals surface area (Å²) in [6.45, 7) is 8.51. The molecule has 0 amide bonds. The summed E-state index contributed by atoms with van der Waals surface area (Å²) in [6.07, 6.45) is 2.62. The molecule has 0 aliphatic carbocycles. The summed E-state index contributed by atoms with van der Waals surface area (Å²) in [4.78, 5) is 8.00. The maximum Gasteiger partial charge on any atom is 0.106 e. The summed E-state index contributed by atoms with van der Waals surface area (Å²) in [6, 6.07) is 0. The van der Waals surface area contributed by atoms with Gasteiger partial charge < -0.3 is 9.53 Å². The molecule has 0 atom stereocenters. The molecule has 0 saturated carbocycles. The Balaban J connectivity index is 0. The van der Waals surface area contributed by atoms with Crippen LogP contribution in [0.1, 0.15) is 0 Å². The van der Waals surface area contributed by atoms with Crippen molar-refractivity contribution in [1.29, 1.82) is 0 Å². The van der Waals surface area contributed by atoms with Crippen LogP contribution in [0.3, 0.4) is 0 Å². The predicted octanol–water partition coefficient (Wildman–Crippen LogP) is 1.11.